The average molecular weight is 319 g/mol. The molecule has 0 aliphatic heterocycles. The number of benzene rings is 1. The molecule has 4 nitrogen and oxygen atoms in total. The Morgan fingerprint density at radius 1 is 1.37 bits per heavy atom. The van der Waals surface area contributed by atoms with E-state index in [1.807, 2.05) is 28.9 Å². The van der Waals surface area contributed by atoms with Crippen LogP contribution < -0.4 is 0 Å². The van der Waals surface area contributed by atoms with Gasteiger partial charge in [-0.05, 0) is 18.4 Å². The highest BCUT2D eigenvalue weighted by Gasteiger charge is 2.16. The molecule has 0 amide bonds. The van der Waals surface area contributed by atoms with Crippen LogP contribution >= 0.6 is 15.9 Å². The number of aromatic nitrogens is 3. The first-order valence-electron chi connectivity index (χ1n) is 6.22. The quantitative estimate of drug-likeness (QED) is 0.865. The van der Waals surface area contributed by atoms with E-state index in [1.165, 1.54) is 0 Å². The van der Waals surface area contributed by atoms with E-state index >= 15 is 0 Å². The van der Waals surface area contributed by atoms with Gasteiger partial charge in [0.1, 0.15) is 11.8 Å². The van der Waals surface area contributed by atoms with Gasteiger partial charge in [-0.25, -0.2) is 4.68 Å². The molecule has 0 saturated carbocycles. The smallest absolute Gasteiger partial charge is 0.190 e. The fraction of sp³-hybridized carbons (Fsp3) is 0.357. The standard InChI is InChI=1S/C14H15BrN4/c1-10(2)7-8-19-14(13(9-16)17-18-19)11-5-3-4-6-12(11)15/h3-6,10H,7-8H2,1-2H3. The second-order valence-electron chi connectivity index (χ2n) is 4.78. The summed E-state index contributed by atoms with van der Waals surface area (Å²) in [5.74, 6) is 0.585. The van der Waals surface area contributed by atoms with Gasteiger partial charge in [-0.15, -0.1) is 5.10 Å². The number of hydrogen-bond donors (Lipinski definition) is 0. The maximum atomic E-state index is 9.18. The lowest BCUT2D eigenvalue weighted by atomic mass is 10.1. The second kappa shape index (κ2) is 5.98. The molecule has 1 heterocycles. The fourth-order valence-corrected chi connectivity index (χ4v) is 2.32. The molecule has 1 aromatic carbocycles. The van der Waals surface area contributed by atoms with Crippen LogP contribution in [0.2, 0.25) is 0 Å². The highest BCUT2D eigenvalue weighted by Crippen LogP contribution is 2.29. The number of aryl methyl sites for hydroxylation is 1. The third-order valence-electron chi connectivity index (χ3n) is 2.89. The monoisotopic (exact) mass is 318 g/mol. The Morgan fingerprint density at radius 2 is 2.11 bits per heavy atom. The molecular weight excluding hydrogens is 304 g/mol. The van der Waals surface area contributed by atoms with E-state index < -0.39 is 0 Å². The Labute approximate surface area is 121 Å². The van der Waals surface area contributed by atoms with Gasteiger partial charge in [0, 0.05) is 16.6 Å². The van der Waals surface area contributed by atoms with E-state index in [2.05, 4.69) is 46.2 Å². The van der Waals surface area contributed by atoms with Crippen molar-refractivity contribution >= 4 is 15.9 Å². The van der Waals surface area contributed by atoms with Gasteiger partial charge < -0.3 is 0 Å². The van der Waals surface area contributed by atoms with Gasteiger partial charge in [0.05, 0.1) is 0 Å². The Morgan fingerprint density at radius 3 is 2.74 bits per heavy atom. The Hall–Kier alpha value is -1.67. The number of rotatable bonds is 4. The summed E-state index contributed by atoms with van der Waals surface area (Å²) in [4.78, 5) is 0. The largest absolute Gasteiger partial charge is 0.243 e. The number of halogens is 1. The molecule has 98 valence electrons. The van der Waals surface area contributed by atoms with Crippen LogP contribution in [0.4, 0.5) is 0 Å². The summed E-state index contributed by atoms with van der Waals surface area (Å²) < 4.78 is 2.76. The lowest BCUT2D eigenvalue weighted by Gasteiger charge is -2.09. The Bertz CT molecular complexity index is 610. The average Bonchev–Trinajstić information content (AvgIpc) is 2.79. The van der Waals surface area contributed by atoms with Crippen LogP contribution in [-0.2, 0) is 6.54 Å². The first kappa shape index (κ1) is 13.8. The first-order chi connectivity index (χ1) is 9.13. The summed E-state index contributed by atoms with van der Waals surface area (Å²) in [6.45, 7) is 5.10. The van der Waals surface area contributed by atoms with E-state index in [0.29, 0.717) is 11.6 Å². The van der Waals surface area contributed by atoms with Gasteiger partial charge in [-0.1, -0.05) is 53.2 Å². The number of nitrogens with zero attached hydrogens (tertiary/aromatic N) is 4. The van der Waals surface area contributed by atoms with E-state index in [0.717, 1.165) is 28.7 Å². The topological polar surface area (TPSA) is 54.5 Å². The van der Waals surface area contributed by atoms with Gasteiger partial charge in [-0.2, -0.15) is 5.26 Å². The molecule has 0 bridgehead atoms. The van der Waals surface area contributed by atoms with Crippen molar-refractivity contribution in [3.05, 3.63) is 34.4 Å². The molecule has 5 heteroatoms. The molecule has 0 radical (unpaired) electrons. The molecule has 0 unspecified atom stereocenters. The molecule has 2 rings (SSSR count). The first-order valence-corrected chi connectivity index (χ1v) is 7.01. The molecule has 1 aromatic heterocycles. The molecule has 0 fully saturated rings. The third-order valence-corrected chi connectivity index (χ3v) is 3.58. The molecule has 0 atom stereocenters. The van der Waals surface area contributed by atoms with Crippen LogP contribution in [0.3, 0.4) is 0 Å². The van der Waals surface area contributed by atoms with Gasteiger partial charge in [-0.3, -0.25) is 0 Å². The zero-order valence-corrected chi connectivity index (χ0v) is 12.6. The molecular formula is C14H15BrN4. The van der Waals surface area contributed by atoms with Gasteiger partial charge in [0.15, 0.2) is 5.69 Å². The van der Waals surface area contributed by atoms with Crippen molar-refractivity contribution < 1.29 is 0 Å². The van der Waals surface area contributed by atoms with E-state index in [9.17, 15) is 5.26 Å². The summed E-state index contributed by atoms with van der Waals surface area (Å²) in [6.07, 6.45) is 1.01. The number of hydrogen-bond acceptors (Lipinski definition) is 3. The number of nitriles is 1. The highest BCUT2D eigenvalue weighted by atomic mass is 79.9. The molecule has 0 saturated heterocycles. The van der Waals surface area contributed by atoms with Crippen molar-refractivity contribution in [2.45, 2.75) is 26.8 Å². The normalized spacial score (nSPS) is 10.7. The maximum absolute atomic E-state index is 9.18. The van der Waals surface area contributed by atoms with Gasteiger partial charge in [0.25, 0.3) is 0 Å². The van der Waals surface area contributed by atoms with E-state index in [1.54, 1.807) is 0 Å². The SMILES string of the molecule is CC(C)CCn1nnc(C#N)c1-c1ccccc1Br. The zero-order valence-electron chi connectivity index (χ0n) is 11.0. The minimum atomic E-state index is 0.371. The van der Waals surface area contributed by atoms with Crippen molar-refractivity contribution in [3.63, 3.8) is 0 Å². The summed E-state index contributed by atoms with van der Waals surface area (Å²) in [6, 6.07) is 9.93. The van der Waals surface area contributed by atoms with Crippen molar-refractivity contribution in [3.8, 4) is 17.3 Å². The van der Waals surface area contributed by atoms with Crippen LogP contribution in [0.25, 0.3) is 11.3 Å². The second-order valence-corrected chi connectivity index (χ2v) is 5.64. The minimum absolute atomic E-state index is 0.371. The molecule has 2 aromatic rings. The lowest BCUT2D eigenvalue weighted by Crippen LogP contribution is -2.05. The van der Waals surface area contributed by atoms with Crippen molar-refractivity contribution in [2.24, 2.45) is 5.92 Å². The molecule has 0 aliphatic carbocycles. The van der Waals surface area contributed by atoms with Crippen molar-refractivity contribution in [1.29, 1.82) is 5.26 Å². The molecule has 19 heavy (non-hydrogen) atoms. The molecule has 0 spiro atoms. The van der Waals surface area contributed by atoms with Crippen LogP contribution in [0, 0.1) is 17.2 Å². The Balaban J connectivity index is 2.46. The minimum Gasteiger partial charge on any atom is -0.243 e. The van der Waals surface area contributed by atoms with Gasteiger partial charge >= 0.3 is 0 Å². The van der Waals surface area contributed by atoms with Crippen molar-refractivity contribution in [2.75, 3.05) is 0 Å². The van der Waals surface area contributed by atoms with Crippen LogP contribution in [0.5, 0.6) is 0 Å². The third kappa shape index (κ3) is 3.02. The fourth-order valence-electron chi connectivity index (χ4n) is 1.85. The van der Waals surface area contributed by atoms with Crippen LogP contribution in [0.15, 0.2) is 28.7 Å². The summed E-state index contributed by atoms with van der Waals surface area (Å²) in [7, 11) is 0. The highest BCUT2D eigenvalue weighted by molar-refractivity contribution is 9.10. The predicted octanol–water partition coefficient (Wildman–Crippen LogP) is 3.63. The molecule has 0 N–H and O–H groups in total. The predicted molar refractivity (Wildman–Crippen MR) is 77.3 cm³/mol. The summed E-state index contributed by atoms with van der Waals surface area (Å²) in [5.41, 5.74) is 2.11. The summed E-state index contributed by atoms with van der Waals surface area (Å²) >= 11 is 3.52. The van der Waals surface area contributed by atoms with Gasteiger partial charge in [0.2, 0.25) is 0 Å². The molecule has 0 aliphatic rings. The Kier molecular flexibility index (Phi) is 4.33. The maximum Gasteiger partial charge on any atom is 0.190 e. The van der Waals surface area contributed by atoms with Crippen LogP contribution in [-0.4, -0.2) is 15.0 Å². The van der Waals surface area contributed by atoms with E-state index in [4.69, 9.17) is 0 Å². The summed E-state index contributed by atoms with van der Waals surface area (Å²) in [5, 5.41) is 17.2. The van der Waals surface area contributed by atoms with Crippen molar-refractivity contribution in [1.82, 2.24) is 15.0 Å². The van der Waals surface area contributed by atoms with E-state index in [-0.39, 0.29) is 0 Å². The zero-order chi connectivity index (χ0) is 13.8. The lowest BCUT2D eigenvalue weighted by molar-refractivity contribution is 0.481. The van der Waals surface area contributed by atoms with Crippen LogP contribution in [0.1, 0.15) is 26.0 Å².